The van der Waals surface area contributed by atoms with Crippen molar-refractivity contribution in [1.29, 1.82) is 0 Å². The van der Waals surface area contributed by atoms with Crippen molar-refractivity contribution in [3.8, 4) is 0 Å². The summed E-state index contributed by atoms with van der Waals surface area (Å²) in [5.74, 6) is 0. The van der Waals surface area contributed by atoms with Crippen molar-refractivity contribution >= 4 is 33.4 Å². The Morgan fingerprint density at radius 3 is 2.78 bits per heavy atom. The summed E-state index contributed by atoms with van der Waals surface area (Å²) >= 11 is 5.17. The second-order valence-electron chi connectivity index (χ2n) is 6.62. The number of hydrogen-bond acceptors (Lipinski definition) is 5. The molecule has 1 heterocycles. The van der Waals surface area contributed by atoms with Gasteiger partial charge in [0.2, 0.25) is 0 Å². The molecule has 1 aromatic heterocycles. The van der Waals surface area contributed by atoms with Crippen molar-refractivity contribution < 1.29 is 14.3 Å². The van der Waals surface area contributed by atoms with Crippen molar-refractivity contribution in [1.82, 2.24) is 10.6 Å². The Bertz CT molecular complexity index is 530. The summed E-state index contributed by atoms with van der Waals surface area (Å²) in [6.07, 6.45) is 0.560. The number of ether oxygens (including phenoxy) is 2. The maximum atomic E-state index is 11.9. The second kappa shape index (κ2) is 7.96. The molecule has 1 aliphatic rings. The minimum atomic E-state index is -0.487. The SMILES string of the molecule is CCOC1CC(NC(=O)OC(C)(C)C)C1NCc1cc(Br)cs1. The van der Waals surface area contributed by atoms with Gasteiger partial charge in [0.1, 0.15) is 5.60 Å². The fourth-order valence-electron chi connectivity index (χ4n) is 2.54. The van der Waals surface area contributed by atoms with E-state index in [0.29, 0.717) is 6.61 Å². The Balaban J connectivity index is 1.87. The Kier molecular flexibility index (Phi) is 6.48. The first-order valence-corrected chi connectivity index (χ1v) is 9.53. The molecule has 0 aromatic carbocycles. The van der Waals surface area contributed by atoms with Gasteiger partial charge < -0.3 is 20.1 Å². The normalized spacial score (nSPS) is 24.1. The number of nitrogens with one attached hydrogen (secondary N) is 2. The molecule has 0 bridgehead atoms. The monoisotopic (exact) mass is 404 g/mol. The first-order valence-electron chi connectivity index (χ1n) is 7.86. The number of thiophene rings is 1. The molecule has 1 saturated carbocycles. The van der Waals surface area contributed by atoms with Crippen LogP contribution in [-0.4, -0.2) is 36.5 Å². The van der Waals surface area contributed by atoms with E-state index in [0.717, 1.165) is 17.4 Å². The predicted molar refractivity (Wildman–Crippen MR) is 95.8 cm³/mol. The van der Waals surface area contributed by atoms with Gasteiger partial charge in [-0.25, -0.2) is 4.79 Å². The van der Waals surface area contributed by atoms with Crippen LogP contribution in [0, 0.1) is 0 Å². The average Bonchev–Trinajstić information content (AvgIpc) is 2.81. The lowest BCUT2D eigenvalue weighted by atomic mass is 9.82. The summed E-state index contributed by atoms with van der Waals surface area (Å²) in [6, 6.07) is 2.23. The van der Waals surface area contributed by atoms with Crippen LogP contribution in [0.1, 0.15) is 39.0 Å². The first kappa shape index (κ1) is 18.7. The summed E-state index contributed by atoms with van der Waals surface area (Å²) in [5.41, 5.74) is -0.487. The van der Waals surface area contributed by atoms with Crippen LogP contribution in [0.15, 0.2) is 15.9 Å². The highest BCUT2D eigenvalue weighted by Crippen LogP contribution is 2.26. The molecular formula is C16H25BrN2O3S. The lowest BCUT2D eigenvalue weighted by Crippen LogP contribution is -2.66. The smallest absolute Gasteiger partial charge is 0.407 e. The van der Waals surface area contributed by atoms with Crippen molar-refractivity contribution in [2.75, 3.05) is 6.61 Å². The number of carbonyl (C=O) groups is 1. The summed E-state index contributed by atoms with van der Waals surface area (Å²) in [4.78, 5) is 13.2. The first-order chi connectivity index (χ1) is 10.8. The highest BCUT2D eigenvalue weighted by molar-refractivity contribution is 9.10. The minimum absolute atomic E-state index is 0.0322. The van der Waals surface area contributed by atoms with Crippen LogP contribution in [0.25, 0.3) is 0 Å². The van der Waals surface area contributed by atoms with E-state index in [1.165, 1.54) is 4.88 Å². The molecule has 0 aliphatic heterocycles. The van der Waals surface area contributed by atoms with Gasteiger partial charge in [-0.1, -0.05) is 0 Å². The number of hydrogen-bond donors (Lipinski definition) is 2. The van der Waals surface area contributed by atoms with E-state index in [1.54, 1.807) is 11.3 Å². The zero-order valence-electron chi connectivity index (χ0n) is 14.0. The number of amides is 1. The van der Waals surface area contributed by atoms with Crippen LogP contribution in [0.4, 0.5) is 4.79 Å². The Hall–Kier alpha value is -0.630. The van der Waals surface area contributed by atoms with Crippen LogP contribution >= 0.6 is 27.3 Å². The van der Waals surface area contributed by atoms with Gasteiger partial charge in [0, 0.05) is 27.9 Å². The molecule has 1 aliphatic carbocycles. The molecule has 3 unspecified atom stereocenters. The zero-order valence-corrected chi connectivity index (χ0v) is 16.4. The van der Waals surface area contributed by atoms with Crippen LogP contribution in [0.3, 0.4) is 0 Å². The predicted octanol–water partition coefficient (Wildman–Crippen LogP) is 3.67. The largest absolute Gasteiger partial charge is 0.444 e. The zero-order chi connectivity index (χ0) is 17.0. The molecule has 1 aromatic rings. The third-order valence-electron chi connectivity index (χ3n) is 3.54. The summed E-state index contributed by atoms with van der Waals surface area (Å²) < 4.78 is 12.2. The molecule has 2 N–H and O–H groups in total. The number of carbonyl (C=O) groups excluding carboxylic acids is 1. The fourth-order valence-corrected chi connectivity index (χ4v) is 3.94. The summed E-state index contributed by atoms with van der Waals surface area (Å²) in [7, 11) is 0. The molecule has 2 rings (SSSR count). The van der Waals surface area contributed by atoms with E-state index in [9.17, 15) is 4.79 Å². The highest BCUT2D eigenvalue weighted by atomic mass is 79.9. The van der Waals surface area contributed by atoms with Crippen molar-refractivity contribution in [2.45, 2.75) is 64.4 Å². The second-order valence-corrected chi connectivity index (χ2v) is 8.53. The molecule has 0 spiro atoms. The van der Waals surface area contributed by atoms with Crippen molar-refractivity contribution in [3.05, 3.63) is 20.8 Å². The van der Waals surface area contributed by atoms with Crippen LogP contribution < -0.4 is 10.6 Å². The molecule has 7 heteroatoms. The van der Waals surface area contributed by atoms with E-state index in [4.69, 9.17) is 9.47 Å². The van der Waals surface area contributed by atoms with Crippen LogP contribution in [0.5, 0.6) is 0 Å². The molecule has 0 radical (unpaired) electrons. The van der Waals surface area contributed by atoms with Crippen molar-refractivity contribution in [2.24, 2.45) is 0 Å². The fraction of sp³-hybridized carbons (Fsp3) is 0.688. The van der Waals surface area contributed by atoms with Gasteiger partial charge in [0.15, 0.2) is 0 Å². The number of alkyl carbamates (subject to hydrolysis) is 1. The Labute approximate surface area is 150 Å². The summed E-state index contributed by atoms with van der Waals surface area (Å²) in [6.45, 7) is 9.01. The van der Waals surface area contributed by atoms with Gasteiger partial charge >= 0.3 is 6.09 Å². The molecule has 0 saturated heterocycles. The van der Waals surface area contributed by atoms with Gasteiger partial charge in [-0.05, 0) is 56.1 Å². The maximum Gasteiger partial charge on any atom is 0.407 e. The number of rotatable bonds is 6. The van der Waals surface area contributed by atoms with E-state index >= 15 is 0 Å². The van der Waals surface area contributed by atoms with Crippen LogP contribution in [-0.2, 0) is 16.0 Å². The topological polar surface area (TPSA) is 59.6 Å². The highest BCUT2D eigenvalue weighted by Gasteiger charge is 2.42. The van der Waals surface area contributed by atoms with Gasteiger partial charge in [-0.2, -0.15) is 0 Å². The van der Waals surface area contributed by atoms with Gasteiger partial charge in [0.25, 0.3) is 0 Å². The molecule has 130 valence electrons. The maximum absolute atomic E-state index is 11.9. The lowest BCUT2D eigenvalue weighted by Gasteiger charge is -2.44. The van der Waals surface area contributed by atoms with Gasteiger partial charge in [-0.3, -0.25) is 0 Å². The van der Waals surface area contributed by atoms with Gasteiger partial charge in [-0.15, -0.1) is 11.3 Å². The lowest BCUT2D eigenvalue weighted by molar-refractivity contribution is -0.0437. The van der Waals surface area contributed by atoms with E-state index in [-0.39, 0.29) is 24.3 Å². The molecule has 1 fully saturated rings. The summed E-state index contributed by atoms with van der Waals surface area (Å²) in [5, 5.41) is 8.50. The molecular weight excluding hydrogens is 380 g/mol. The van der Waals surface area contributed by atoms with Gasteiger partial charge in [0.05, 0.1) is 18.2 Å². The third-order valence-corrected chi connectivity index (χ3v) is 5.23. The third kappa shape index (κ3) is 5.74. The molecule has 3 atom stereocenters. The molecule has 1 amide bonds. The number of halogens is 1. The standard InChI is InChI=1S/C16H25BrN2O3S/c1-5-21-13-7-12(19-15(20)22-16(2,3)4)14(13)18-8-11-6-10(17)9-23-11/h6,9,12-14,18H,5,7-8H2,1-4H3,(H,19,20). The Morgan fingerprint density at radius 1 is 1.48 bits per heavy atom. The van der Waals surface area contributed by atoms with Crippen LogP contribution in [0.2, 0.25) is 0 Å². The minimum Gasteiger partial charge on any atom is -0.444 e. The van der Waals surface area contributed by atoms with Crippen molar-refractivity contribution in [3.63, 3.8) is 0 Å². The molecule has 5 nitrogen and oxygen atoms in total. The average molecular weight is 405 g/mol. The quantitative estimate of drug-likeness (QED) is 0.758. The van der Waals surface area contributed by atoms with E-state index in [2.05, 4.69) is 38.0 Å². The van der Waals surface area contributed by atoms with E-state index < -0.39 is 5.60 Å². The Morgan fingerprint density at radius 2 is 2.22 bits per heavy atom. The van der Waals surface area contributed by atoms with E-state index in [1.807, 2.05) is 27.7 Å². The molecule has 23 heavy (non-hydrogen) atoms.